The van der Waals surface area contributed by atoms with E-state index < -0.39 is 0 Å². The Hall–Kier alpha value is -1.91. The quantitative estimate of drug-likeness (QED) is 0.856. The third kappa shape index (κ3) is 3.04. The second-order valence-electron chi connectivity index (χ2n) is 7.34. The summed E-state index contributed by atoms with van der Waals surface area (Å²) in [7, 11) is 0. The van der Waals surface area contributed by atoms with Gasteiger partial charge in [0.15, 0.2) is 0 Å². The van der Waals surface area contributed by atoms with Crippen molar-refractivity contribution in [3.8, 4) is 0 Å². The van der Waals surface area contributed by atoms with Gasteiger partial charge in [-0.3, -0.25) is 14.6 Å². The number of carbonyl (C=O) groups is 2. The van der Waals surface area contributed by atoms with E-state index in [1.54, 1.807) is 6.20 Å². The molecule has 0 aromatic carbocycles. The van der Waals surface area contributed by atoms with Gasteiger partial charge in [0, 0.05) is 31.7 Å². The Morgan fingerprint density at radius 1 is 0.958 bits per heavy atom. The maximum atomic E-state index is 13.1. The molecule has 2 amide bonds. The highest BCUT2D eigenvalue weighted by Gasteiger charge is 2.39. The molecule has 0 bridgehead atoms. The van der Waals surface area contributed by atoms with Gasteiger partial charge in [-0.15, -0.1) is 0 Å². The molecule has 128 valence electrons. The Morgan fingerprint density at radius 2 is 1.79 bits per heavy atom. The Kier molecular flexibility index (Phi) is 4.25. The van der Waals surface area contributed by atoms with E-state index in [0.717, 1.165) is 57.3 Å². The second-order valence-corrected chi connectivity index (χ2v) is 7.34. The van der Waals surface area contributed by atoms with Crippen molar-refractivity contribution in [2.24, 2.45) is 11.8 Å². The predicted molar refractivity (Wildman–Crippen MR) is 90.0 cm³/mol. The first-order valence-corrected chi connectivity index (χ1v) is 9.24. The first-order chi connectivity index (χ1) is 11.7. The van der Waals surface area contributed by atoms with E-state index in [2.05, 4.69) is 4.98 Å². The van der Waals surface area contributed by atoms with Crippen molar-refractivity contribution < 1.29 is 9.59 Å². The van der Waals surface area contributed by atoms with Gasteiger partial charge < -0.3 is 9.80 Å². The molecule has 3 aliphatic rings. The molecule has 1 aromatic heterocycles. The third-order valence-electron chi connectivity index (χ3n) is 5.57. The molecule has 5 heteroatoms. The van der Waals surface area contributed by atoms with Crippen LogP contribution in [0.1, 0.15) is 50.3 Å². The van der Waals surface area contributed by atoms with Crippen LogP contribution in [0.25, 0.3) is 0 Å². The topological polar surface area (TPSA) is 53.5 Å². The van der Waals surface area contributed by atoms with Crippen molar-refractivity contribution in [3.05, 3.63) is 30.1 Å². The number of carbonyl (C=O) groups excluding carboxylic acids is 2. The molecule has 1 saturated carbocycles. The molecule has 2 aliphatic heterocycles. The normalized spacial score (nSPS) is 27.3. The van der Waals surface area contributed by atoms with Crippen LogP contribution in [0, 0.1) is 11.8 Å². The van der Waals surface area contributed by atoms with E-state index in [0.29, 0.717) is 6.54 Å². The van der Waals surface area contributed by atoms with Crippen molar-refractivity contribution in [1.29, 1.82) is 0 Å². The van der Waals surface area contributed by atoms with Gasteiger partial charge >= 0.3 is 0 Å². The van der Waals surface area contributed by atoms with Gasteiger partial charge in [0.1, 0.15) is 0 Å². The van der Waals surface area contributed by atoms with Crippen LogP contribution < -0.4 is 0 Å². The van der Waals surface area contributed by atoms with Gasteiger partial charge in [0.25, 0.3) is 0 Å². The van der Waals surface area contributed by atoms with Crippen LogP contribution in [0.2, 0.25) is 0 Å². The molecule has 3 heterocycles. The minimum atomic E-state index is -0.0363. The first kappa shape index (κ1) is 15.6. The summed E-state index contributed by atoms with van der Waals surface area (Å²) >= 11 is 0. The predicted octanol–water partition coefficient (Wildman–Crippen LogP) is 2.39. The molecule has 0 radical (unpaired) electrons. The highest BCUT2D eigenvalue weighted by atomic mass is 16.2. The molecule has 1 aliphatic carbocycles. The van der Waals surface area contributed by atoms with E-state index in [4.69, 9.17) is 0 Å². The van der Waals surface area contributed by atoms with Gasteiger partial charge in [0.05, 0.1) is 17.7 Å². The van der Waals surface area contributed by atoms with Gasteiger partial charge in [-0.2, -0.15) is 0 Å². The van der Waals surface area contributed by atoms with Crippen LogP contribution in [0.15, 0.2) is 24.4 Å². The Bertz CT molecular complexity index is 614. The molecule has 2 saturated heterocycles. The van der Waals surface area contributed by atoms with Crippen molar-refractivity contribution in [2.75, 3.05) is 19.6 Å². The van der Waals surface area contributed by atoms with Gasteiger partial charge in [0.2, 0.25) is 11.8 Å². The number of rotatable bonds is 3. The third-order valence-corrected chi connectivity index (χ3v) is 5.57. The molecule has 5 nitrogen and oxygen atoms in total. The maximum absolute atomic E-state index is 13.1. The van der Waals surface area contributed by atoms with Crippen molar-refractivity contribution in [2.45, 2.75) is 44.6 Å². The number of nitrogens with zero attached hydrogens (tertiary/aromatic N) is 3. The molecule has 24 heavy (non-hydrogen) atoms. The minimum absolute atomic E-state index is 0.0363. The average molecular weight is 327 g/mol. The Balaban J connectivity index is 1.45. The average Bonchev–Trinajstić information content (AvgIpc) is 3.38. The number of likely N-dealkylation sites (tertiary alicyclic amines) is 2. The summed E-state index contributed by atoms with van der Waals surface area (Å²) in [6, 6.07) is 6.01. The second kappa shape index (κ2) is 6.54. The Morgan fingerprint density at radius 3 is 2.54 bits per heavy atom. The van der Waals surface area contributed by atoms with Crippen molar-refractivity contribution in [1.82, 2.24) is 14.8 Å². The first-order valence-electron chi connectivity index (χ1n) is 9.24. The van der Waals surface area contributed by atoms with E-state index in [-0.39, 0.29) is 29.7 Å². The number of aromatic nitrogens is 1. The van der Waals surface area contributed by atoms with Gasteiger partial charge in [-0.1, -0.05) is 6.07 Å². The highest BCUT2D eigenvalue weighted by Crippen LogP contribution is 2.35. The summed E-state index contributed by atoms with van der Waals surface area (Å²) in [6.07, 6.45) is 7.72. The number of pyridine rings is 1. The van der Waals surface area contributed by atoms with E-state index in [1.165, 1.54) is 0 Å². The molecule has 1 aromatic rings. The van der Waals surface area contributed by atoms with Crippen LogP contribution in [-0.4, -0.2) is 46.2 Å². The number of piperidine rings is 1. The van der Waals surface area contributed by atoms with Crippen LogP contribution in [0.5, 0.6) is 0 Å². The fourth-order valence-corrected chi connectivity index (χ4v) is 4.11. The van der Waals surface area contributed by atoms with Crippen LogP contribution in [-0.2, 0) is 9.59 Å². The SMILES string of the molecule is O=C(C1CC1)N1CCCC(C(=O)N2CCCC2c2ccccn2)C1. The van der Waals surface area contributed by atoms with E-state index >= 15 is 0 Å². The zero-order valence-corrected chi connectivity index (χ0v) is 14.1. The molecule has 4 rings (SSSR count). The smallest absolute Gasteiger partial charge is 0.228 e. The standard InChI is InChI=1S/C19H25N3O2/c23-18(14-8-9-14)21-11-3-5-15(13-21)19(24)22-12-4-7-17(22)16-6-1-2-10-20-16/h1-2,6,10,14-15,17H,3-5,7-9,11-13H2. The molecule has 0 spiro atoms. The minimum Gasteiger partial charge on any atom is -0.342 e. The van der Waals surface area contributed by atoms with Crippen LogP contribution in [0.3, 0.4) is 0 Å². The van der Waals surface area contributed by atoms with Crippen molar-refractivity contribution in [3.63, 3.8) is 0 Å². The summed E-state index contributed by atoms with van der Waals surface area (Å²) in [5.74, 6) is 0.698. The molecule has 2 unspecified atom stereocenters. The lowest BCUT2D eigenvalue weighted by molar-refractivity contribution is -0.142. The molecule has 2 atom stereocenters. The number of hydrogen-bond donors (Lipinski definition) is 0. The molecular formula is C19H25N3O2. The Labute approximate surface area is 143 Å². The summed E-state index contributed by atoms with van der Waals surface area (Å²) in [5.41, 5.74) is 0.991. The summed E-state index contributed by atoms with van der Waals surface area (Å²) in [6.45, 7) is 2.25. The molecule has 0 N–H and O–H groups in total. The fraction of sp³-hybridized carbons (Fsp3) is 0.632. The number of amides is 2. The molecular weight excluding hydrogens is 302 g/mol. The van der Waals surface area contributed by atoms with Crippen LogP contribution >= 0.6 is 0 Å². The zero-order chi connectivity index (χ0) is 16.5. The lowest BCUT2D eigenvalue weighted by atomic mass is 9.95. The van der Waals surface area contributed by atoms with Gasteiger partial charge in [-0.05, 0) is 50.7 Å². The lowest BCUT2D eigenvalue weighted by Crippen LogP contribution is -2.47. The van der Waals surface area contributed by atoms with E-state index in [1.807, 2.05) is 28.0 Å². The lowest BCUT2D eigenvalue weighted by Gasteiger charge is -2.35. The number of hydrogen-bond acceptors (Lipinski definition) is 3. The van der Waals surface area contributed by atoms with Crippen molar-refractivity contribution >= 4 is 11.8 Å². The summed E-state index contributed by atoms with van der Waals surface area (Å²) < 4.78 is 0. The summed E-state index contributed by atoms with van der Waals surface area (Å²) in [4.78, 5) is 33.8. The highest BCUT2D eigenvalue weighted by molar-refractivity contribution is 5.84. The van der Waals surface area contributed by atoms with Gasteiger partial charge in [-0.25, -0.2) is 0 Å². The van der Waals surface area contributed by atoms with Crippen LogP contribution in [0.4, 0.5) is 0 Å². The van der Waals surface area contributed by atoms with E-state index in [9.17, 15) is 9.59 Å². The fourth-order valence-electron chi connectivity index (χ4n) is 4.11. The molecule has 3 fully saturated rings. The maximum Gasteiger partial charge on any atom is 0.228 e. The summed E-state index contributed by atoms with van der Waals surface area (Å²) in [5, 5.41) is 0. The monoisotopic (exact) mass is 327 g/mol. The largest absolute Gasteiger partial charge is 0.342 e. The zero-order valence-electron chi connectivity index (χ0n) is 14.1.